The van der Waals surface area contributed by atoms with E-state index in [4.69, 9.17) is 10.5 Å². The van der Waals surface area contributed by atoms with Gasteiger partial charge in [0.05, 0.1) is 6.04 Å². The second-order valence-corrected chi connectivity index (χ2v) is 3.71. The van der Waals surface area contributed by atoms with Crippen molar-refractivity contribution in [3.05, 3.63) is 28.2 Å². The molecule has 0 unspecified atom stereocenters. The van der Waals surface area contributed by atoms with Crippen molar-refractivity contribution in [3.8, 4) is 0 Å². The van der Waals surface area contributed by atoms with Crippen LogP contribution in [0.15, 0.2) is 16.9 Å². The van der Waals surface area contributed by atoms with Crippen molar-refractivity contribution in [1.82, 2.24) is 9.78 Å². The van der Waals surface area contributed by atoms with Crippen LogP contribution in [-0.2, 0) is 4.74 Å². The second-order valence-electron chi connectivity index (χ2n) is 3.71. The number of nitrogens with zero attached hydrogens (tertiary/aromatic N) is 2. The SMILES string of the molecule is NC(=O)c1ccc(=O)n(C2CCOCC2)n1. The van der Waals surface area contributed by atoms with E-state index >= 15 is 0 Å². The number of hydrogen-bond donors (Lipinski definition) is 1. The van der Waals surface area contributed by atoms with Crippen molar-refractivity contribution in [3.63, 3.8) is 0 Å². The van der Waals surface area contributed by atoms with Crippen LogP contribution in [0.5, 0.6) is 0 Å². The molecule has 0 atom stereocenters. The molecule has 6 nitrogen and oxygen atoms in total. The van der Waals surface area contributed by atoms with Crippen molar-refractivity contribution in [1.29, 1.82) is 0 Å². The lowest BCUT2D eigenvalue weighted by molar-refractivity contribution is 0.0645. The van der Waals surface area contributed by atoms with E-state index in [0.29, 0.717) is 13.2 Å². The Morgan fingerprint density at radius 2 is 2.12 bits per heavy atom. The molecule has 1 fully saturated rings. The van der Waals surface area contributed by atoms with Crippen molar-refractivity contribution in [2.45, 2.75) is 18.9 Å². The summed E-state index contributed by atoms with van der Waals surface area (Å²) in [5, 5.41) is 3.97. The summed E-state index contributed by atoms with van der Waals surface area (Å²) in [6, 6.07) is 2.67. The molecule has 2 rings (SSSR count). The van der Waals surface area contributed by atoms with Gasteiger partial charge in [-0.3, -0.25) is 9.59 Å². The molecule has 86 valence electrons. The molecule has 16 heavy (non-hydrogen) atoms. The summed E-state index contributed by atoms with van der Waals surface area (Å²) in [4.78, 5) is 22.6. The summed E-state index contributed by atoms with van der Waals surface area (Å²) >= 11 is 0. The molecule has 0 spiro atoms. The predicted octanol–water partition coefficient (Wildman–Crippen LogP) is -0.306. The standard InChI is InChI=1S/C10H13N3O3/c11-10(15)8-1-2-9(14)13(12-8)7-3-5-16-6-4-7/h1-2,7H,3-6H2,(H2,11,15). The van der Waals surface area contributed by atoms with E-state index in [0.717, 1.165) is 12.8 Å². The maximum Gasteiger partial charge on any atom is 0.269 e. The molecule has 1 aromatic rings. The molecule has 2 heterocycles. The smallest absolute Gasteiger partial charge is 0.269 e. The summed E-state index contributed by atoms with van der Waals surface area (Å²) < 4.78 is 6.54. The lowest BCUT2D eigenvalue weighted by Crippen LogP contribution is -2.32. The van der Waals surface area contributed by atoms with E-state index in [2.05, 4.69) is 5.10 Å². The highest BCUT2D eigenvalue weighted by Crippen LogP contribution is 2.17. The molecule has 1 aromatic heterocycles. The number of ether oxygens (including phenoxy) is 1. The Morgan fingerprint density at radius 1 is 1.44 bits per heavy atom. The first kappa shape index (κ1) is 10.8. The van der Waals surface area contributed by atoms with E-state index in [-0.39, 0.29) is 17.3 Å². The molecule has 6 heteroatoms. The Hall–Kier alpha value is -1.69. The average molecular weight is 223 g/mol. The third-order valence-corrected chi connectivity index (χ3v) is 2.61. The van der Waals surface area contributed by atoms with Crippen molar-refractivity contribution >= 4 is 5.91 Å². The summed E-state index contributed by atoms with van der Waals surface area (Å²) in [6.07, 6.45) is 1.46. The first-order valence-electron chi connectivity index (χ1n) is 5.16. The lowest BCUT2D eigenvalue weighted by atomic mass is 10.1. The first-order valence-corrected chi connectivity index (χ1v) is 5.16. The summed E-state index contributed by atoms with van der Waals surface area (Å²) in [6.45, 7) is 1.22. The van der Waals surface area contributed by atoms with Crippen LogP contribution in [0.25, 0.3) is 0 Å². The zero-order chi connectivity index (χ0) is 11.5. The van der Waals surface area contributed by atoms with Crippen LogP contribution in [-0.4, -0.2) is 28.9 Å². The quantitative estimate of drug-likeness (QED) is 0.745. The molecule has 2 N–H and O–H groups in total. The van der Waals surface area contributed by atoms with Crippen LogP contribution in [0, 0.1) is 0 Å². The highest BCUT2D eigenvalue weighted by molar-refractivity contribution is 5.90. The number of amides is 1. The Morgan fingerprint density at radius 3 is 2.75 bits per heavy atom. The predicted molar refractivity (Wildman–Crippen MR) is 56.1 cm³/mol. The van der Waals surface area contributed by atoms with Gasteiger partial charge < -0.3 is 10.5 Å². The van der Waals surface area contributed by atoms with Crippen LogP contribution in [0.3, 0.4) is 0 Å². The molecule has 0 bridgehead atoms. The number of rotatable bonds is 2. The largest absolute Gasteiger partial charge is 0.381 e. The average Bonchev–Trinajstić information content (AvgIpc) is 2.30. The Labute approximate surface area is 92.0 Å². The third-order valence-electron chi connectivity index (χ3n) is 2.61. The van der Waals surface area contributed by atoms with Gasteiger partial charge in [-0.2, -0.15) is 5.10 Å². The van der Waals surface area contributed by atoms with Gasteiger partial charge in [-0.25, -0.2) is 4.68 Å². The van der Waals surface area contributed by atoms with Crippen LogP contribution < -0.4 is 11.3 Å². The molecule has 1 aliphatic heterocycles. The molecule has 1 aliphatic rings. The Balaban J connectivity index is 2.34. The van der Waals surface area contributed by atoms with Gasteiger partial charge in [-0.15, -0.1) is 0 Å². The fraction of sp³-hybridized carbons (Fsp3) is 0.500. The van der Waals surface area contributed by atoms with Crippen LogP contribution in [0.2, 0.25) is 0 Å². The van der Waals surface area contributed by atoms with Gasteiger partial charge in [0.1, 0.15) is 5.69 Å². The van der Waals surface area contributed by atoms with Gasteiger partial charge >= 0.3 is 0 Å². The number of primary amides is 1. The highest BCUT2D eigenvalue weighted by Gasteiger charge is 2.18. The zero-order valence-electron chi connectivity index (χ0n) is 8.76. The molecular formula is C10H13N3O3. The fourth-order valence-electron chi connectivity index (χ4n) is 1.75. The normalized spacial score (nSPS) is 17.2. The van der Waals surface area contributed by atoms with Crippen molar-refractivity contribution in [2.24, 2.45) is 5.73 Å². The van der Waals surface area contributed by atoms with E-state index < -0.39 is 5.91 Å². The van der Waals surface area contributed by atoms with Crippen LogP contribution in [0.1, 0.15) is 29.4 Å². The Bertz CT molecular complexity index is 449. The number of carbonyl (C=O) groups excluding carboxylic acids is 1. The minimum Gasteiger partial charge on any atom is -0.381 e. The zero-order valence-corrected chi connectivity index (χ0v) is 8.76. The van der Waals surface area contributed by atoms with Crippen molar-refractivity contribution in [2.75, 3.05) is 13.2 Å². The van der Waals surface area contributed by atoms with Gasteiger partial charge in [0.25, 0.3) is 11.5 Å². The summed E-state index contributed by atoms with van der Waals surface area (Å²) in [5.74, 6) is -0.624. The highest BCUT2D eigenvalue weighted by atomic mass is 16.5. The van der Waals surface area contributed by atoms with Gasteiger partial charge in [-0.05, 0) is 18.9 Å². The van der Waals surface area contributed by atoms with E-state index in [1.165, 1.54) is 16.8 Å². The number of carbonyl (C=O) groups is 1. The minimum atomic E-state index is -0.624. The monoisotopic (exact) mass is 223 g/mol. The van der Waals surface area contributed by atoms with E-state index in [1.54, 1.807) is 0 Å². The van der Waals surface area contributed by atoms with E-state index in [1.807, 2.05) is 0 Å². The minimum absolute atomic E-state index is 0.000509. The molecule has 1 saturated heterocycles. The number of hydrogen-bond acceptors (Lipinski definition) is 4. The number of aromatic nitrogens is 2. The van der Waals surface area contributed by atoms with Gasteiger partial charge in [0.15, 0.2) is 0 Å². The lowest BCUT2D eigenvalue weighted by Gasteiger charge is -2.22. The first-order chi connectivity index (χ1) is 7.68. The summed E-state index contributed by atoms with van der Waals surface area (Å²) in [5.41, 5.74) is 5.03. The van der Waals surface area contributed by atoms with Gasteiger partial charge in [0, 0.05) is 19.3 Å². The Kier molecular flexibility index (Phi) is 3.00. The fourth-order valence-corrected chi connectivity index (χ4v) is 1.75. The molecule has 0 radical (unpaired) electrons. The van der Waals surface area contributed by atoms with E-state index in [9.17, 15) is 9.59 Å². The third kappa shape index (κ3) is 2.11. The molecule has 1 amide bonds. The number of nitrogens with two attached hydrogens (primary N) is 1. The molecule has 0 saturated carbocycles. The molecule has 0 aromatic carbocycles. The molecule has 0 aliphatic carbocycles. The van der Waals surface area contributed by atoms with Gasteiger partial charge in [0.2, 0.25) is 0 Å². The van der Waals surface area contributed by atoms with Crippen LogP contribution in [0.4, 0.5) is 0 Å². The van der Waals surface area contributed by atoms with Crippen LogP contribution >= 0.6 is 0 Å². The maximum absolute atomic E-state index is 11.6. The van der Waals surface area contributed by atoms with Crippen molar-refractivity contribution < 1.29 is 9.53 Å². The second kappa shape index (κ2) is 4.44. The maximum atomic E-state index is 11.6. The van der Waals surface area contributed by atoms with Gasteiger partial charge in [-0.1, -0.05) is 0 Å². The molecular weight excluding hydrogens is 210 g/mol. The summed E-state index contributed by atoms with van der Waals surface area (Å²) in [7, 11) is 0. The topological polar surface area (TPSA) is 87.2 Å².